The molecule has 8 heteroatoms. The molecule has 1 aromatic carbocycles. The van der Waals surface area contributed by atoms with E-state index >= 15 is 0 Å². The minimum Gasteiger partial charge on any atom is -0.744 e. The van der Waals surface area contributed by atoms with Crippen molar-refractivity contribution in [3.8, 4) is 11.5 Å². The molecule has 0 spiro atoms. The fourth-order valence-corrected chi connectivity index (χ4v) is 2.49. The van der Waals surface area contributed by atoms with Gasteiger partial charge in [-0.15, -0.1) is 0 Å². The van der Waals surface area contributed by atoms with Crippen molar-refractivity contribution in [2.75, 3.05) is 14.2 Å². The van der Waals surface area contributed by atoms with Crippen molar-refractivity contribution in [2.24, 2.45) is 0 Å². The third-order valence-corrected chi connectivity index (χ3v) is 3.50. The average molecular weight is 319 g/mol. The first-order valence-corrected chi connectivity index (χ1v) is 5.97. The van der Waals surface area contributed by atoms with E-state index in [0.29, 0.717) is 5.75 Å². The molecule has 0 bridgehead atoms. The maximum Gasteiger partial charge on any atom is 1.00 e. The van der Waals surface area contributed by atoms with E-state index in [0.717, 1.165) is 6.07 Å². The molecule has 84 valence electrons. The molecule has 0 amide bonds. The SMILES string of the molecule is COc1cc(Br)c(S(=O)(=O)[O-])cc1OC.[Na+]. The largest absolute Gasteiger partial charge is 1.00 e. The zero-order chi connectivity index (χ0) is 11.6. The summed E-state index contributed by atoms with van der Waals surface area (Å²) in [5.74, 6) is 0.534. The predicted molar refractivity (Wildman–Crippen MR) is 55.2 cm³/mol. The second-order valence-electron chi connectivity index (χ2n) is 2.59. The second-order valence-corrected chi connectivity index (χ2v) is 4.79. The standard InChI is InChI=1S/C8H9BrO5S.Na/c1-13-6-3-5(9)8(15(10,11)12)4-7(6)14-2;/h3-4H,1-2H3,(H,10,11,12);/q;+1/p-1. The average Bonchev–Trinajstić information content (AvgIpc) is 2.15. The molecule has 0 saturated heterocycles. The van der Waals surface area contributed by atoms with E-state index in [2.05, 4.69) is 15.9 Å². The molecule has 0 aliphatic rings. The van der Waals surface area contributed by atoms with Gasteiger partial charge < -0.3 is 14.0 Å². The Balaban J connectivity index is 0.00000225. The van der Waals surface area contributed by atoms with Gasteiger partial charge in [-0.3, -0.25) is 0 Å². The Morgan fingerprint density at radius 1 is 1.19 bits per heavy atom. The molecular weight excluding hydrogens is 311 g/mol. The van der Waals surface area contributed by atoms with E-state index in [1.165, 1.54) is 20.3 Å². The molecule has 0 fully saturated rings. The van der Waals surface area contributed by atoms with Crippen molar-refractivity contribution < 1.29 is 52.0 Å². The summed E-state index contributed by atoms with van der Waals surface area (Å²) < 4.78 is 42.5. The summed E-state index contributed by atoms with van der Waals surface area (Å²) in [6, 6.07) is 2.48. The number of ether oxygens (including phenoxy) is 2. The fourth-order valence-electron chi connectivity index (χ4n) is 1.03. The zero-order valence-electron chi connectivity index (χ0n) is 8.98. The fraction of sp³-hybridized carbons (Fsp3) is 0.250. The summed E-state index contributed by atoms with van der Waals surface area (Å²) in [6.45, 7) is 0. The number of rotatable bonds is 3. The first kappa shape index (κ1) is 16.2. The van der Waals surface area contributed by atoms with E-state index < -0.39 is 10.1 Å². The molecule has 0 aliphatic carbocycles. The normalized spacial score (nSPS) is 10.5. The van der Waals surface area contributed by atoms with Crippen LogP contribution in [0.15, 0.2) is 21.5 Å². The van der Waals surface area contributed by atoms with Gasteiger partial charge in [-0.05, 0) is 22.0 Å². The third kappa shape index (κ3) is 3.61. The Labute approximate surface area is 124 Å². The Morgan fingerprint density at radius 2 is 1.62 bits per heavy atom. The van der Waals surface area contributed by atoms with Crippen LogP contribution in [-0.4, -0.2) is 27.2 Å². The van der Waals surface area contributed by atoms with Gasteiger partial charge in [-0.1, -0.05) is 0 Å². The van der Waals surface area contributed by atoms with Crippen LogP contribution >= 0.6 is 15.9 Å². The Bertz CT molecular complexity index is 474. The first-order chi connectivity index (χ1) is 6.90. The smallest absolute Gasteiger partial charge is 0.744 e. The van der Waals surface area contributed by atoms with Crippen molar-refractivity contribution in [1.29, 1.82) is 0 Å². The number of benzene rings is 1. The molecule has 5 nitrogen and oxygen atoms in total. The van der Waals surface area contributed by atoms with Gasteiger partial charge in [0.2, 0.25) is 0 Å². The molecule has 1 aromatic rings. The van der Waals surface area contributed by atoms with E-state index in [1.54, 1.807) is 0 Å². The van der Waals surface area contributed by atoms with Crippen molar-refractivity contribution in [3.05, 3.63) is 16.6 Å². The van der Waals surface area contributed by atoms with Gasteiger partial charge in [-0.2, -0.15) is 0 Å². The quantitative estimate of drug-likeness (QED) is 0.494. The number of hydrogen-bond acceptors (Lipinski definition) is 5. The Morgan fingerprint density at radius 3 is 2.00 bits per heavy atom. The minimum atomic E-state index is -4.52. The van der Waals surface area contributed by atoms with Gasteiger partial charge in [0.15, 0.2) is 11.5 Å². The van der Waals surface area contributed by atoms with Crippen LogP contribution in [0.5, 0.6) is 11.5 Å². The van der Waals surface area contributed by atoms with Gasteiger partial charge in [-0.25, -0.2) is 8.42 Å². The maximum absolute atomic E-state index is 10.8. The van der Waals surface area contributed by atoms with Crippen LogP contribution in [0.4, 0.5) is 0 Å². The maximum atomic E-state index is 10.8. The predicted octanol–water partition coefficient (Wildman–Crippen LogP) is -1.63. The monoisotopic (exact) mass is 318 g/mol. The van der Waals surface area contributed by atoms with Gasteiger partial charge >= 0.3 is 29.6 Å². The molecule has 0 aromatic heterocycles. The first-order valence-electron chi connectivity index (χ1n) is 3.77. The third-order valence-electron chi connectivity index (χ3n) is 1.71. The molecule has 0 atom stereocenters. The summed E-state index contributed by atoms with van der Waals surface area (Å²) in [4.78, 5) is -0.375. The summed E-state index contributed by atoms with van der Waals surface area (Å²) in [6.07, 6.45) is 0. The van der Waals surface area contributed by atoms with Crippen molar-refractivity contribution >= 4 is 26.0 Å². The van der Waals surface area contributed by atoms with Crippen LogP contribution in [0.2, 0.25) is 0 Å². The molecule has 0 radical (unpaired) electrons. The minimum absolute atomic E-state index is 0. The van der Waals surface area contributed by atoms with Crippen LogP contribution in [0.3, 0.4) is 0 Å². The van der Waals surface area contributed by atoms with Crippen LogP contribution in [0.25, 0.3) is 0 Å². The topological polar surface area (TPSA) is 75.7 Å². The molecule has 16 heavy (non-hydrogen) atoms. The van der Waals surface area contributed by atoms with Crippen LogP contribution in [0.1, 0.15) is 0 Å². The molecular formula is C8H8BrNaO5S. The summed E-state index contributed by atoms with van der Waals surface area (Å²) in [5.41, 5.74) is 0. The number of halogens is 1. The van der Waals surface area contributed by atoms with Crippen LogP contribution in [0, 0.1) is 0 Å². The molecule has 0 aliphatic heterocycles. The van der Waals surface area contributed by atoms with E-state index in [-0.39, 0.29) is 44.7 Å². The van der Waals surface area contributed by atoms with Crippen LogP contribution in [-0.2, 0) is 10.1 Å². The van der Waals surface area contributed by atoms with E-state index in [9.17, 15) is 13.0 Å². The molecule has 1 rings (SSSR count). The van der Waals surface area contributed by atoms with Crippen molar-refractivity contribution in [3.63, 3.8) is 0 Å². The Kier molecular flexibility index (Phi) is 6.31. The van der Waals surface area contributed by atoms with Gasteiger partial charge in [0.25, 0.3) is 0 Å². The summed E-state index contributed by atoms with van der Waals surface area (Å²) in [7, 11) is -1.76. The second kappa shape index (κ2) is 6.23. The molecule has 0 N–H and O–H groups in total. The Hall–Kier alpha value is 0.210. The van der Waals surface area contributed by atoms with E-state index in [4.69, 9.17) is 9.47 Å². The zero-order valence-corrected chi connectivity index (χ0v) is 13.4. The summed E-state index contributed by atoms with van der Waals surface area (Å²) in [5, 5.41) is 0. The van der Waals surface area contributed by atoms with E-state index in [1.807, 2.05) is 0 Å². The number of methoxy groups -OCH3 is 2. The van der Waals surface area contributed by atoms with Gasteiger partial charge in [0.05, 0.1) is 19.1 Å². The van der Waals surface area contributed by atoms with Crippen LogP contribution < -0.4 is 39.0 Å². The van der Waals surface area contributed by atoms with Crippen molar-refractivity contribution in [2.45, 2.75) is 4.90 Å². The van der Waals surface area contributed by atoms with Gasteiger partial charge in [0.1, 0.15) is 10.1 Å². The molecule has 0 saturated carbocycles. The number of hydrogen-bond donors (Lipinski definition) is 0. The summed E-state index contributed by atoms with van der Waals surface area (Å²) >= 11 is 2.97. The molecule has 0 heterocycles. The molecule has 0 unspecified atom stereocenters. The van der Waals surface area contributed by atoms with Crippen molar-refractivity contribution in [1.82, 2.24) is 0 Å². The van der Waals surface area contributed by atoms with Gasteiger partial charge in [0, 0.05) is 10.5 Å².